The number of nitrogens with zero attached hydrogens (tertiary/aromatic N) is 4. The molecule has 0 bridgehead atoms. The second kappa shape index (κ2) is 11.4. The molecule has 1 aromatic carbocycles. The molecule has 3 heterocycles. The SMILES string of the molecule is CC1CN(c2ccc(NC(=O)NCCC(=O)N3CCN(c4ccccn4)CC3)cc2F)CC(C)O1. The molecule has 2 unspecified atom stereocenters. The predicted octanol–water partition coefficient (Wildman–Crippen LogP) is 2.69. The quantitative estimate of drug-likeness (QED) is 0.655. The lowest BCUT2D eigenvalue weighted by Gasteiger charge is -2.37. The van der Waals surface area contributed by atoms with Gasteiger partial charge in [-0.05, 0) is 44.2 Å². The van der Waals surface area contributed by atoms with Crippen LogP contribution in [0.2, 0.25) is 0 Å². The van der Waals surface area contributed by atoms with Gasteiger partial charge in [0.15, 0.2) is 0 Å². The van der Waals surface area contributed by atoms with E-state index in [9.17, 15) is 14.0 Å². The van der Waals surface area contributed by atoms with Crippen LogP contribution in [0.3, 0.4) is 0 Å². The maximum Gasteiger partial charge on any atom is 0.319 e. The molecule has 2 saturated heterocycles. The third-order valence-corrected chi connectivity index (χ3v) is 6.20. The van der Waals surface area contributed by atoms with Crippen molar-refractivity contribution in [3.8, 4) is 0 Å². The fourth-order valence-corrected chi connectivity index (χ4v) is 4.56. The number of pyridine rings is 1. The molecular weight excluding hydrogens is 451 g/mol. The maximum absolute atomic E-state index is 14.7. The molecule has 0 aliphatic carbocycles. The molecule has 0 radical (unpaired) electrons. The van der Waals surface area contributed by atoms with Crippen molar-refractivity contribution in [2.45, 2.75) is 32.5 Å². The molecule has 2 aliphatic heterocycles. The summed E-state index contributed by atoms with van der Waals surface area (Å²) in [4.78, 5) is 35.0. The number of anilines is 3. The monoisotopic (exact) mass is 484 g/mol. The number of morpholine rings is 1. The normalized spacial score (nSPS) is 20.5. The number of ether oxygens (including phenoxy) is 1. The Labute approximate surface area is 205 Å². The first-order valence-electron chi connectivity index (χ1n) is 12.1. The Balaban J connectivity index is 1.19. The molecule has 10 heteroatoms. The average Bonchev–Trinajstić information content (AvgIpc) is 2.84. The highest BCUT2D eigenvalue weighted by atomic mass is 19.1. The van der Waals surface area contributed by atoms with Crippen LogP contribution in [0.1, 0.15) is 20.3 Å². The molecular formula is C25H33FN6O3. The van der Waals surface area contributed by atoms with E-state index in [0.717, 1.165) is 18.9 Å². The van der Waals surface area contributed by atoms with Crippen molar-refractivity contribution in [3.63, 3.8) is 0 Å². The fourth-order valence-electron chi connectivity index (χ4n) is 4.56. The summed E-state index contributed by atoms with van der Waals surface area (Å²) in [5.41, 5.74) is 0.849. The Morgan fingerprint density at radius 1 is 1.06 bits per heavy atom. The van der Waals surface area contributed by atoms with E-state index in [0.29, 0.717) is 37.6 Å². The summed E-state index contributed by atoms with van der Waals surface area (Å²) in [6.07, 6.45) is 2.01. The minimum Gasteiger partial charge on any atom is -0.372 e. The number of carbonyl (C=O) groups is 2. The van der Waals surface area contributed by atoms with Crippen molar-refractivity contribution in [1.82, 2.24) is 15.2 Å². The fraction of sp³-hybridized carbons (Fsp3) is 0.480. The van der Waals surface area contributed by atoms with Crippen molar-refractivity contribution in [2.24, 2.45) is 0 Å². The Kier molecular flexibility index (Phi) is 8.02. The highest BCUT2D eigenvalue weighted by Gasteiger charge is 2.25. The summed E-state index contributed by atoms with van der Waals surface area (Å²) >= 11 is 0. The van der Waals surface area contributed by atoms with Gasteiger partial charge in [0.25, 0.3) is 0 Å². The Hall–Kier alpha value is -3.40. The summed E-state index contributed by atoms with van der Waals surface area (Å²) in [7, 11) is 0. The van der Waals surface area contributed by atoms with Crippen LogP contribution in [-0.4, -0.2) is 79.8 Å². The van der Waals surface area contributed by atoms with Crippen LogP contribution in [0.5, 0.6) is 0 Å². The molecule has 9 nitrogen and oxygen atoms in total. The Bertz CT molecular complexity index is 1010. The first kappa shape index (κ1) is 24.7. The topological polar surface area (TPSA) is 90.0 Å². The number of benzene rings is 1. The zero-order valence-electron chi connectivity index (χ0n) is 20.2. The highest BCUT2D eigenvalue weighted by molar-refractivity contribution is 5.89. The van der Waals surface area contributed by atoms with Gasteiger partial charge >= 0.3 is 6.03 Å². The van der Waals surface area contributed by atoms with Crippen LogP contribution in [0.25, 0.3) is 0 Å². The van der Waals surface area contributed by atoms with E-state index in [1.807, 2.05) is 36.9 Å². The van der Waals surface area contributed by atoms with Gasteiger partial charge in [-0.2, -0.15) is 0 Å². The highest BCUT2D eigenvalue weighted by Crippen LogP contribution is 2.26. The molecule has 3 amide bonds. The van der Waals surface area contributed by atoms with Crippen LogP contribution in [-0.2, 0) is 9.53 Å². The van der Waals surface area contributed by atoms with Crippen LogP contribution in [0.4, 0.5) is 26.4 Å². The van der Waals surface area contributed by atoms with Gasteiger partial charge in [0.1, 0.15) is 11.6 Å². The predicted molar refractivity (Wildman–Crippen MR) is 133 cm³/mol. The van der Waals surface area contributed by atoms with Crippen molar-refractivity contribution in [1.29, 1.82) is 0 Å². The van der Waals surface area contributed by atoms with Crippen LogP contribution < -0.4 is 20.4 Å². The molecule has 4 rings (SSSR count). The van der Waals surface area contributed by atoms with Gasteiger partial charge in [0.2, 0.25) is 5.91 Å². The number of urea groups is 1. The molecule has 35 heavy (non-hydrogen) atoms. The first-order valence-corrected chi connectivity index (χ1v) is 12.1. The number of halogens is 1. The third-order valence-electron chi connectivity index (χ3n) is 6.20. The minimum atomic E-state index is -0.474. The van der Waals surface area contributed by atoms with Crippen LogP contribution >= 0.6 is 0 Å². The maximum atomic E-state index is 14.7. The zero-order chi connectivity index (χ0) is 24.8. The van der Waals surface area contributed by atoms with E-state index in [1.165, 1.54) is 6.07 Å². The molecule has 2 aromatic rings. The molecule has 2 fully saturated rings. The molecule has 2 aliphatic rings. The van der Waals surface area contributed by atoms with Crippen molar-refractivity contribution in [2.75, 3.05) is 60.9 Å². The smallest absolute Gasteiger partial charge is 0.319 e. The molecule has 2 atom stereocenters. The summed E-state index contributed by atoms with van der Waals surface area (Å²) < 4.78 is 20.4. The molecule has 2 N–H and O–H groups in total. The summed E-state index contributed by atoms with van der Waals surface area (Å²) in [6, 6.07) is 9.97. The van der Waals surface area contributed by atoms with Gasteiger partial charge in [0.05, 0.1) is 17.9 Å². The van der Waals surface area contributed by atoms with E-state index in [-0.39, 0.29) is 31.1 Å². The second-order valence-electron chi connectivity index (χ2n) is 9.02. The number of nitrogens with one attached hydrogen (secondary N) is 2. The Morgan fingerprint density at radius 2 is 1.80 bits per heavy atom. The van der Waals surface area contributed by atoms with Gasteiger partial charge in [-0.3, -0.25) is 4.79 Å². The van der Waals surface area contributed by atoms with E-state index in [1.54, 1.807) is 23.2 Å². The van der Waals surface area contributed by atoms with Gasteiger partial charge in [-0.1, -0.05) is 6.07 Å². The van der Waals surface area contributed by atoms with Gasteiger partial charge in [-0.15, -0.1) is 0 Å². The van der Waals surface area contributed by atoms with E-state index >= 15 is 0 Å². The number of carbonyl (C=O) groups excluding carboxylic acids is 2. The Morgan fingerprint density at radius 3 is 2.46 bits per heavy atom. The number of rotatable bonds is 6. The van der Waals surface area contributed by atoms with Gasteiger partial charge in [-0.25, -0.2) is 14.2 Å². The lowest BCUT2D eigenvalue weighted by Crippen LogP contribution is -2.49. The van der Waals surface area contributed by atoms with Gasteiger partial charge in [0, 0.05) is 64.1 Å². The summed E-state index contributed by atoms with van der Waals surface area (Å²) in [5, 5.41) is 5.31. The lowest BCUT2D eigenvalue weighted by molar-refractivity contribution is -0.131. The average molecular weight is 485 g/mol. The van der Waals surface area contributed by atoms with E-state index in [2.05, 4.69) is 20.5 Å². The molecule has 0 saturated carbocycles. The number of hydrogen-bond donors (Lipinski definition) is 2. The van der Waals surface area contributed by atoms with E-state index < -0.39 is 11.8 Å². The first-order chi connectivity index (χ1) is 16.9. The lowest BCUT2D eigenvalue weighted by atomic mass is 10.2. The standard InChI is InChI=1S/C25H33FN6O3/c1-18-16-32(17-19(2)35-18)22-7-6-20(15-21(22)26)29-25(34)28-10-8-24(33)31-13-11-30(12-14-31)23-5-3-4-9-27-23/h3-7,9,15,18-19H,8,10-14,16-17H2,1-2H3,(H2,28,29,34). The minimum absolute atomic E-state index is 0.00432. The van der Waals surface area contributed by atoms with Crippen molar-refractivity contribution in [3.05, 3.63) is 48.4 Å². The molecule has 0 spiro atoms. The number of piperazine rings is 1. The second-order valence-corrected chi connectivity index (χ2v) is 9.02. The van der Waals surface area contributed by atoms with E-state index in [4.69, 9.17) is 4.74 Å². The van der Waals surface area contributed by atoms with Crippen LogP contribution in [0.15, 0.2) is 42.6 Å². The summed E-state index contributed by atoms with van der Waals surface area (Å²) in [6.45, 7) is 8.04. The number of amides is 3. The van der Waals surface area contributed by atoms with Crippen LogP contribution in [0, 0.1) is 5.82 Å². The number of aromatic nitrogens is 1. The van der Waals surface area contributed by atoms with Crippen molar-refractivity contribution < 1.29 is 18.7 Å². The number of hydrogen-bond acceptors (Lipinski definition) is 6. The zero-order valence-corrected chi connectivity index (χ0v) is 20.2. The third kappa shape index (κ3) is 6.60. The van der Waals surface area contributed by atoms with Gasteiger partial charge < -0.3 is 30.1 Å². The largest absolute Gasteiger partial charge is 0.372 e. The van der Waals surface area contributed by atoms with Crippen molar-refractivity contribution >= 4 is 29.1 Å². The molecule has 188 valence electrons. The summed E-state index contributed by atoms with van der Waals surface area (Å²) in [5.74, 6) is 0.510. The molecule has 1 aromatic heterocycles.